The Morgan fingerprint density at radius 1 is 1.10 bits per heavy atom. The summed E-state index contributed by atoms with van der Waals surface area (Å²) >= 11 is 0. The number of nitrogens with one attached hydrogen (secondary N) is 1. The predicted molar refractivity (Wildman–Crippen MR) is 78.3 cm³/mol. The first-order valence-corrected chi connectivity index (χ1v) is 6.13. The van der Waals surface area contributed by atoms with Gasteiger partial charge < -0.3 is 20.5 Å². The molecule has 21 heavy (non-hydrogen) atoms. The number of hydrogen-bond acceptors (Lipinski definition) is 4. The van der Waals surface area contributed by atoms with Crippen molar-refractivity contribution in [2.45, 2.75) is 0 Å². The molecule has 2 aromatic rings. The van der Waals surface area contributed by atoms with Gasteiger partial charge in [0, 0.05) is 29.6 Å². The minimum absolute atomic E-state index is 0.0665. The Kier molecular flexibility index (Phi) is 4.27. The van der Waals surface area contributed by atoms with Gasteiger partial charge in [0.2, 0.25) is 0 Å². The minimum atomic E-state index is -0.530. The molecule has 0 radical (unpaired) electrons. The SMILES string of the molecule is COc1cc(NC(=O)c2cc(F)ccc2N)cc(OC)c1. The van der Waals surface area contributed by atoms with E-state index in [0.717, 1.165) is 6.07 Å². The first kappa shape index (κ1) is 14.6. The molecule has 0 fully saturated rings. The van der Waals surface area contributed by atoms with E-state index in [9.17, 15) is 9.18 Å². The quantitative estimate of drug-likeness (QED) is 0.849. The highest BCUT2D eigenvalue weighted by Crippen LogP contribution is 2.26. The van der Waals surface area contributed by atoms with E-state index < -0.39 is 11.7 Å². The number of rotatable bonds is 4. The van der Waals surface area contributed by atoms with E-state index in [1.165, 1.54) is 26.4 Å². The molecular weight excluding hydrogens is 275 g/mol. The fraction of sp³-hybridized carbons (Fsp3) is 0.133. The molecule has 0 aliphatic rings. The summed E-state index contributed by atoms with van der Waals surface area (Å²) in [5.74, 6) is 0.00797. The second-order valence-electron chi connectivity index (χ2n) is 4.29. The third-order valence-corrected chi connectivity index (χ3v) is 2.87. The Morgan fingerprint density at radius 2 is 1.71 bits per heavy atom. The normalized spacial score (nSPS) is 10.0. The summed E-state index contributed by atoms with van der Waals surface area (Å²) in [6.07, 6.45) is 0. The maximum absolute atomic E-state index is 13.2. The van der Waals surface area contributed by atoms with Gasteiger partial charge in [-0.3, -0.25) is 4.79 Å². The number of carbonyl (C=O) groups excluding carboxylic acids is 1. The summed E-state index contributed by atoms with van der Waals surface area (Å²) < 4.78 is 23.4. The Morgan fingerprint density at radius 3 is 2.29 bits per heavy atom. The fourth-order valence-corrected chi connectivity index (χ4v) is 1.80. The van der Waals surface area contributed by atoms with Crippen molar-refractivity contribution in [3.8, 4) is 11.5 Å². The highest BCUT2D eigenvalue weighted by Gasteiger charge is 2.12. The fourth-order valence-electron chi connectivity index (χ4n) is 1.80. The molecule has 0 spiro atoms. The monoisotopic (exact) mass is 290 g/mol. The molecule has 0 atom stereocenters. The van der Waals surface area contributed by atoms with Crippen LogP contribution in [0.2, 0.25) is 0 Å². The Hall–Kier alpha value is -2.76. The van der Waals surface area contributed by atoms with Crippen molar-refractivity contribution >= 4 is 17.3 Å². The van der Waals surface area contributed by atoms with E-state index in [-0.39, 0.29) is 11.3 Å². The van der Waals surface area contributed by atoms with Crippen LogP contribution in [-0.2, 0) is 0 Å². The van der Waals surface area contributed by atoms with Gasteiger partial charge in [0.25, 0.3) is 5.91 Å². The lowest BCUT2D eigenvalue weighted by molar-refractivity contribution is 0.102. The van der Waals surface area contributed by atoms with Gasteiger partial charge >= 0.3 is 0 Å². The molecule has 0 saturated heterocycles. The highest BCUT2D eigenvalue weighted by atomic mass is 19.1. The molecule has 0 aromatic heterocycles. The Balaban J connectivity index is 2.28. The topological polar surface area (TPSA) is 73.6 Å². The van der Waals surface area contributed by atoms with Crippen LogP contribution in [0, 0.1) is 5.82 Å². The van der Waals surface area contributed by atoms with Gasteiger partial charge in [-0.25, -0.2) is 4.39 Å². The summed E-state index contributed by atoms with van der Waals surface area (Å²) in [4.78, 5) is 12.1. The van der Waals surface area contributed by atoms with Gasteiger partial charge in [-0.05, 0) is 18.2 Å². The van der Waals surface area contributed by atoms with E-state index in [1.807, 2.05) is 0 Å². The molecule has 3 N–H and O–H groups in total. The molecule has 2 aromatic carbocycles. The summed E-state index contributed by atoms with van der Waals surface area (Å²) in [6, 6.07) is 8.54. The number of benzene rings is 2. The molecule has 0 heterocycles. The number of halogens is 1. The van der Waals surface area contributed by atoms with Crippen LogP contribution < -0.4 is 20.5 Å². The molecule has 6 heteroatoms. The molecule has 110 valence electrons. The smallest absolute Gasteiger partial charge is 0.257 e. The van der Waals surface area contributed by atoms with Gasteiger partial charge in [0.15, 0.2) is 0 Å². The van der Waals surface area contributed by atoms with Crippen molar-refractivity contribution in [3.63, 3.8) is 0 Å². The number of anilines is 2. The Bertz CT molecular complexity index is 652. The molecule has 0 aliphatic carbocycles. The van der Waals surface area contributed by atoms with Crippen molar-refractivity contribution in [2.75, 3.05) is 25.3 Å². The van der Waals surface area contributed by atoms with Gasteiger partial charge in [0.1, 0.15) is 17.3 Å². The van der Waals surface area contributed by atoms with E-state index in [0.29, 0.717) is 17.2 Å². The number of hydrogen-bond donors (Lipinski definition) is 2. The maximum atomic E-state index is 13.2. The van der Waals surface area contributed by atoms with Crippen LogP contribution in [0.1, 0.15) is 10.4 Å². The molecule has 0 unspecified atom stereocenters. The molecule has 0 aliphatic heterocycles. The molecule has 0 bridgehead atoms. The van der Waals surface area contributed by atoms with Crippen molar-refractivity contribution in [3.05, 3.63) is 47.8 Å². The first-order valence-electron chi connectivity index (χ1n) is 6.13. The summed E-state index contributed by atoms with van der Waals surface area (Å²) in [5, 5.41) is 2.63. The lowest BCUT2D eigenvalue weighted by atomic mass is 10.1. The van der Waals surface area contributed by atoms with Crippen LogP contribution in [0.15, 0.2) is 36.4 Å². The number of nitrogens with two attached hydrogens (primary N) is 1. The standard InChI is InChI=1S/C15H15FN2O3/c1-20-11-6-10(7-12(8-11)21-2)18-15(19)13-5-9(16)3-4-14(13)17/h3-8H,17H2,1-2H3,(H,18,19). The van der Waals surface area contributed by atoms with Crippen LogP contribution in [0.5, 0.6) is 11.5 Å². The van der Waals surface area contributed by atoms with E-state index >= 15 is 0 Å². The van der Waals surface area contributed by atoms with Crippen LogP contribution >= 0.6 is 0 Å². The van der Waals surface area contributed by atoms with Crippen molar-refractivity contribution < 1.29 is 18.7 Å². The van der Waals surface area contributed by atoms with Gasteiger partial charge in [-0.1, -0.05) is 0 Å². The number of amides is 1. The number of carbonyl (C=O) groups is 1. The first-order chi connectivity index (χ1) is 10.0. The van der Waals surface area contributed by atoms with Gasteiger partial charge in [-0.15, -0.1) is 0 Å². The van der Waals surface area contributed by atoms with Crippen LogP contribution in [-0.4, -0.2) is 20.1 Å². The zero-order valence-electron chi connectivity index (χ0n) is 11.6. The number of methoxy groups -OCH3 is 2. The third-order valence-electron chi connectivity index (χ3n) is 2.87. The number of nitrogen functional groups attached to an aromatic ring is 1. The molecular formula is C15H15FN2O3. The van der Waals surface area contributed by atoms with E-state index in [2.05, 4.69) is 5.32 Å². The van der Waals surface area contributed by atoms with Crippen molar-refractivity contribution in [1.29, 1.82) is 0 Å². The van der Waals surface area contributed by atoms with E-state index in [4.69, 9.17) is 15.2 Å². The molecule has 1 amide bonds. The van der Waals surface area contributed by atoms with Crippen LogP contribution in [0.4, 0.5) is 15.8 Å². The highest BCUT2D eigenvalue weighted by molar-refractivity contribution is 6.07. The minimum Gasteiger partial charge on any atom is -0.497 e. The predicted octanol–water partition coefficient (Wildman–Crippen LogP) is 2.68. The lowest BCUT2D eigenvalue weighted by Gasteiger charge is -2.11. The van der Waals surface area contributed by atoms with Crippen LogP contribution in [0.25, 0.3) is 0 Å². The van der Waals surface area contributed by atoms with Gasteiger partial charge in [-0.2, -0.15) is 0 Å². The molecule has 5 nitrogen and oxygen atoms in total. The second-order valence-corrected chi connectivity index (χ2v) is 4.29. The lowest BCUT2D eigenvalue weighted by Crippen LogP contribution is -2.14. The average Bonchev–Trinajstić information content (AvgIpc) is 2.49. The maximum Gasteiger partial charge on any atom is 0.257 e. The molecule has 2 rings (SSSR count). The summed E-state index contributed by atoms with van der Waals surface area (Å²) in [7, 11) is 3.01. The van der Waals surface area contributed by atoms with Gasteiger partial charge in [0.05, 0.1) is 19.8 Å². The summed E-state index contributed by atoms with van der Waals surface area (Å²) in [6.45, 7) is 0. The average molecular weight is 290 g/mol. The van der Waals surface area contributed by atoms with Crippen LogP contribution in [0.3, 0.4) is 0 Å². The number of ether oxygens (including phenoxy) is 2. The van der Waals surface area contributed by atoms with E-state index in [1.54, 1.807) is 18.2 Å². The van der Waals surface area contributed by atoms with Crippen molar-refractivity contribution in [1.82, 2.24) is 0 Å². The largest absolute Gasteiger partial charge is 0.497 e. The zero-order valence-corrected chi connectivity index (χ0v) is 11.6. The third kappa shape index (κ3) is 3.42. The summed E-state index contributed by atoms with van der Waals surface area (Å²) in [5.41, 5.74) is 6.40. The van der Waals surface area contributed by atoms with Crippen molar-refractivity contribution in [2.24, 2.45) is 0 Å². The Labute approximate surface area is 121 Å². The zero-order chi connectivity index (χ0) is 15.4. The second kappa shape index (κ2) is 6.13. The molecule has 0 saturated carbocycles.